The van der Waals surface area contributed by atoms with Crippen molar-refractivity contribution in [2.24, 2.45) is 5.92 Å². The first kappa shape index (κ1) is 21.4. The lowest BCUT2D eigenvalue weighted by Gasteiger charge is -2.35. The van der Waals surface area contributed by atoms with Crippen LogP contribution in [-0.4, -0.2) is 69.8 Å². The Balaban J connectivity index is 1.89. The molecule has 27 heavy (non-hydrogen) atoms. The zero-order valence-electron chi connectivity index (χ0n) is 17.4. The molecule has 0 aliphatic carbocycles. The molecule has 1 aromatic carbocycles. The number of carbonyl (C=O) groups excluding carboxylic acids is 1. The maximum Gasteiger partial charge on any atom is 0.222 e. The highest BCUT2D eigenvalue weighted by Gasteiger charge is 2.22. The number of amides is 1. The molecule has 0 N–H and O–H groups in total. The van der Waals surface area contributed by atoms with Crippen molar-refractivity contribution in [3.8, 4) is 17.2 Å². The summed E-state index contributed by atoms with van der Waals surface area (Å²) in [4.78, 5) is 17.1. The fourth-order valence-electron chi connectivity index (χ4n) is 3.42. The highest BCUT2D eigenvalue weighted by Crippen LogP contribution is 2.40. The largest absolute Gasteiger partial charge is 0.493 e. The summed E-state index contributed by atoms with van der Waals surface area (Å²) in [6.45, 7) is 9.21. The van der Waals surface area contributed by atoms with Crippen LogP contribution in [0, 0.1) is 5.92 Å². The topological polar surface area (TPSA) is 51.2 Å². The number of piperazine rings is 1. The molecule has 1 heterocycles. The Labute approximate surface area is 163 Å². The Morgan fingerprint density at radius 3 is 2.22 bits per heavy atom. The van der Waals surface area contributed by atoms with Gasteiger partial charge in [0, 0.05) is 32.6 Å². The predicted molar refractivity (Wildman–Crippen MR) is 107 cm³/mol. The van der Waals surface area contributed by atoms with E-state index in [2.05, 4.69) is 18.7 Å². The third-order valence-corrected chi connectivity index (χ3v) is 5.14. The fourth-order valence-corrected chi connectivity index (χ4v) is 3.42. The minimum absolute atomic E-state index is 0.204. The van der Waals surface area contributed by atoms with E-state index >= 15 is 0 Å². The zero-order chi connectivity index (χ0) is 19.8. The summed E-state index contributed by atoms with van der Waals surface area (Å²) in [5, 5.41) is 0. The maximum absolute atomic E-state index is 12.6. The molecule has 6 heteroatoms. The molecule has 0 aromatic heterocycles. The molecular formula is C21H34N2O4. The van der Waals surface area contributed by atoms with E-state index in [9.17, 15) is 4.79 Å². The van der Waals surface area contributed by atoms with Gasteiger partial charge in [-0.05, 0) is 36.9 Å². The first-order valence-corrected chi connectivity index (χ1v) is 9.78. The van der Waals surface area contributed by atoms with Gasteiger partial charge in [0.25, 0.3) is 0 Å². The third-order valence-electron chi connectivity index (χ3n) is 5.14. The summed E-state index contributed by atoms with van der Waals surface area (Å²) in [6.07, 6.45) is 2.31. The monoisotopic (exact) mass is 378 g/mol. The molecule has 0 atom stereocenters. The lowest BCUT2D eigenvalue weighted by atomic mass is 10.1. The average molecular weight is 379 g/mol. The second-order valence-corrected chi connectivity index (χ2v) is 7.40. The minimum Gasteiger partial charge on any atom is -0.493 e. The molecule has 1 aromatic rings. The molecule has 0 radical (unpaired) electrons. The molecule has 152 valence electrons. The molecule has 0 saturated carbocycles. The number of aryl methyl sites for hydroxylation is 1. The average Bonchev–Trinajstić information content (AvgIpc) is 2.69. The van der Waals surface area contributed by atoms with E-state index in [4.69, 9.17) is 14.2 Å². The van der Waals surface area contributed by atoms with Crippen molar-refractivity contribution in [3.63, 3.8) is 0 Å². The van der Waals surface area contributed by atoms with E-state index in [0.29, 0.717) is 30.1 Å². The summed E-state index contributed by atoms with van der Waals surface area (Å²) >= 11 is 0. The summed E-state index contributed by atoms with van der Waals surface area (Å²) < 4.78 is 16.2. The van der Waals surface area contributed by atoms with Gasteiger partial charge >= 0.3 is 0 Å². The quantitative estimate of drug-likeness (QED) is 0.661. The van der Waals surface area contributed by atoms with Crippen LogP contribution in [0.15, 0.2) is 12.1 Å². The molecule has 1 amide bonds. The Hall–Kier alpha value is -1.95. The van der Waals surface area contributed by atoms with Crippen molar-refractivity contribution in [2.75, 3.05) is 54.1 Å². The molecule has 6 nitrogen and oxygen atoms in total. The minimum atomic E-state index is 0.204. The van der Waals surface area contributed by atoms with Crippen molar-refractivity contribution in [3.05, 3.63) is 17.7 Å². The van der Waals surface area contributed by atoms with Gasteiger partial charge in [0.15, 0.2) is 11.5 Å². The highest BCUT2D eigenvalue weighted by atomic mass is 16.5. The van der Waals surface area contributed by atoms with Crippen LogP contribution in [0.2, 0.25) is 0 Å². The Morgan fingerprint density at radius 2 is 1.67 bits per heavy atom. The number of methoxy groups -OCH3 is 3. The lowest BCUT2D eigenvalue weighted by molar-refractivity contribution is -0.132. The molecule has 1 saturated heterocycles. The summed E-state index contributed by atoms with van der Waals surface area (Å²) in [5.74, 6) is 2.77. The van der Waals surface area contributed by atoms with Crippen LogP contribution in [0.25, 0.3) is 0 Å². The Kier molecular flexibility index (Phi) is 8.23. The standard InChI is InChI=1S/C21H34N2O4/c1-16(2)10-11-22-12-14-23(15-13-22)19(24)9-7-17-6-8-18(25-3)21(27-5)20(17)26-4/h6,8,16H,7,9-15H2,1-5H3. The number of benzene rings is 1. The van der Waals surface area contributed by atoms with Gasteiger partial charge in [-0.25, -0.2) is 0 Å². The van der Waals surface area contributed by atoms with Gasteiger partial charge < -0.3 is 19.1 Å². The van der Waals surface area contributed by atoms with Crippen LogP contribution in [0.1, 0.15) is 32.3 Å². The molecule has 0 unspecified atom stereocenters. The van der Waals surface area contributed by atoms with Crippen molar-refractivity contribution < 1.29 is 19.0 Å². The van der Waals surface area contributed by atoms with Gasteiger partial charge in [0.2, 0.25) is 11.7 Å². The van der Waals surface area contributed by atoms with Crippen LogP contribution >= 0.6 is 0 Å². The molecule has 1 aliphatic heterocycles. The van der Waals surface area contributed by atoms with Gasteiger partial charge in [-0.1, -0.05) is 19.9 Å². The maximum atomic E-state index is 12.6. The fraction of sp³-hybridized carbons (Fsp3) is 0.667. The van der Waals surface area contributed by atoms with Crippen molar-refractivity contribution in [2.45, 2.75) is 33.1 Å². The lowest BCUT2D eigenvalue weighted by Crippen LogP contribution is -2.49. The molecular weight excluding hydrogens is 344 g/mol. The van der Waals surface area contributed by atoms with Crippen LogP contribution in [0.4, 0.5) is 0 Å². The third kappa shape index (κ3) is 5.76. The SMILES string of the molecule is COc1ccc(CCC(=O)N2CCN(CCC(C)C)CC2)c(OC)c1OC. The first-order chi connectivity index (χ1) is 13.0. The summed E-state index contributed by atoms with van der Waals surface area (Å²) in [7, 11) is 4.80. The highest BCUT2D eigenvalue weighted by molar-refractivity contribution is 5.76. The van der Waals surface area contributed by atoms with Crippen LogP contribution in [0.5, 0.6) is 17.2 Å². The number of rotatable bonds is 9. The normalized spacial score (nSPS) is 15.1. The molecule has 0 spiro atoms. The predicted octanol–water partition coefficient (Wildman–Crippen LogP) is 2.84. The number of hydrogen-bond donors (Lipinski definition) is 0. The zero-order valence-corrected chi connectivity index (χ0v) is 17.4. The van der Waals surface area contributed by atoms with Gasteiger partial charge in [-0.2, -0.15) is 0 Å². The molecule has 1 aliphatic rings. The second-order valence-electron chi connectivity index (χ2n) is 7.40. The van der Waals surface area contributed by atoms with E-state index in [-0.39, 0.29) is 5.91 Å². The summed E-state index contributed by atoms with van der Waals surface area (Å²) in [5.41, 5.74) is 0.957. The van der Waals surface area contributed by atoms with Crippen molar-refractivity contribution in [1.29, 1.82) is 0 Å². The number of nitrogens with zero attached hydrogens (tertiary/aromatic N) is 2. The van der Waals surface area contributed by atoms with Gasteiger partial charge in [-0.3, -0.25) is 9.69 Å². The number of carbonyl (C=O) groups is 1. The summed E-state index contributed by atoms with van der Waals surface area (Å²) in [6, 6.07) is 3.80. The van der Waals surface area contributed by atoms with Gasteiger partial charge in [-0.15, -0.1) is 0 Å². The van der Waals surface area contributed by atoms with Gasteiger partial charge in [0.05, 0.1) is 21.3 Å². The molecule has 0 bridgehead atoms. The smallest absolute Gasteiger partial charge is 0.222 e. The van der Waals surface area contributed by atoms with E-state index in [1.54, 1.807) is 21.3 Å². The van der Waals surface area contributed by atoms with E-state index in [1.165, 1.54) is 6.42 Å². The van der Waals surface area contributed by atoms with Crippen LogP contribution < -0.4 is 14.2 Å². The van der Waals surface area contributed by atoms with Gasteiger partial charge in [0.1, 0.15) is 0 Å². The van der Waals surface area contributed by atoms with Crippen molar-refractivity contribution >= 4 is 5.91 Å². The van der Waals surface area contributed by atoms with E-state index < -0.39 is 0 Å². The van der Waals surface area contributed by atoms with Crippen molar-refractivity contribution in [1.82, 2.24) is 9.80 Å². The Bertz CT molecular complexity index is 610. The first-order valence-electron chi connectivity index (χ1n) is 9.78. The Morgan fingerprint density at radius 1 is 1.00 bits per heavy atom. The second kappa shape index (κ2) is 10.4. The van der Waals surface area contributed by atoms with Crippen LogP contribution in [0.3, 0.4) is 0 Å². The molecule has 1 fully saturated rings. The van der Waals surface area contributed by atoms with Crippen LogP contribution in [-0.2, 0) is 11.2 Å². The number of ether oxygens (including phenoxy) is 3. The van der Waals surface area contributed by atoms with E-state index in [0.717, 1.165) is 44.2 Å². The van der Waals surface area contributed by atoms with E-state index in [1.807, 2.05) is 17.0 Å². The molecule has 2 rings (SSSR count). The number of hydrogen-bond acceptors (Lipinski definition) is 5.